The van der Waals surface area contributed by atoms with Crippen LogP contribution in [0.25, 0.3) is 16.6 Å². The SMILES string of the molecule is C[C@@H](Sc1nnc(N)s1)C(O)=C(C#N)c1nc2ccccc2[nH]1. The van der Waals surface area contributed by atoms with Crippen LogP contribution in [0.1, 0.15) is 12.7 Å². The van der Waals surface area contributed by atoms with Gasteiger partial charge in [0.1, 0.15) is 17.4 Å². The van der Waals surface area contributed by atoms with E-state index in [0.717, 1.165) is 11.0 Å². The molecule has 7 nitrogen and oxygen atoms in total. The number of rotatable bonds is 4. The van der Waals surface area contributed by atoms with Gasteiger partial charge in [-0.25, -0.2) is 4.98 Å². The first-order chi connectivity index (χ1) is 11.1. The van der Waals surface area contributed by atoms with E-state index in [1.807, 2.05) is 30.3 Å². The highest BCUT2D eigenvalue weighted by Gasteiger charge is 2.20. The van der Waals surface area contributed by atoms with Crippen molar-refractivity contribution in [3.05, 3.63) is 35.8 Å². The zero-order valence-electron chi connectivity index (χ0n) is 12.0. The third kappa shape index (κ3) is 3.13. The van der Waals surface area contributed by atoms with Crippen LogP contribution in [0.15, 0.2) is 34.4 Å². The number of aliphatic hydroxyl groups excluding tert-OH is 1. The molecular weight excluding hydrogens is 332 g/mol. The lowest BCUT2D eigenvalue weighted by Gasteiger charge is -2.09. The number of nitrogen functional groups attached to an aromatic ring is 1. The van der Waals surface area contributed by atoms with Crippen molar-refractivity contribution < 1.29 is 5.11 Å². The van der Waals surface area contributed by atoms with Gasteiger partial charge in [-0.1, -0.05) is 35.2 Å². The van der Waals surface area contributed by atoms with Gasteiger partial charge in [0.05, 0.1) is 16.3 Å². The van der Waals surface area contributed by atoms with Crippen molar-refractivity contribution in [1.82, 2.24) is 20.2 Å². The highest BCUT2D eigenvalue weighted by atomic mass is 32.2. The lowest BCUT2D eigenvalue weighted by atomic mass is 10.2. The number of nitriles is 1. The topological polar surface area (TPSA) is 124 Å². The number of hydrogen-bond donors (Lipinski definition) is 3. The quantitative estimate of drug-likeness (QED) is 0.377. The van der Waals surface area contributed by atoms with Gasteiger partial charge in [-0.3, -0.25) is 0 Å². The first-order valence-corrected chi connectivity index (χ1v) is 8.32. The Morgan fingerprint density at radius 1 is 1.43 bits per heavy atom. The highest BCUT2D eigenvalue weighted by molar-refractivity contribution is 8.01. The molecule has 0 aliphatic heterocycles. The summed E-state index contributed by atoms with van der Waals surface area (Å²) in [4.78, 5) is 7.39. The number of fused-ring (bicyclic) bond motifs is 1. The zero-order valence-corrected chi connectivity index (χ0v) is 13.6. The molecule has 4 N–H and O–H groups in total. The van der Waals surface area contributed by atoms with Crippen LogP contribution >= 0.6 is 23.1 Å². The molecule has 9 heteroatoms. The van der Waals surface area contributed by atoms with E-state index in [0.29, 0.717) is 15.3 Å². The van der Waals surface area contributed by atoms with Crippen LogP contribution in [0, 0.1) is 11.3 Å². The van der Waals surface area contributed by atoms with Gasteiger partial charge in [-0.15, -0.1) is 10.2 Å². The average Bonchev–Trinajstić information content (AvgIpc) is 3.13. The van der Waals surface area contributed by atoms with Crippen molar-refractivity contribution in [2.45, 2.75) is 16.5 Å². The number of benzene rings is 1. The van der Waals surface area contributed by atoms with Crippen LogP contribution in [0.2, 0.25) is 0 Å². The fraction of sp³-hybridized carbons (Fsp3) is 0.143. The Hall–Kier alpha value is -2.57. The highest BCUT2D eigenvalue weighted by Crippen LogP contribution is 2.32. The van der Waals surface area contributed by atoms with Crippen molar-refractivity contribution in [2.75, 3.05) is 5.73 Å². The Kier molecular flexibility index (Phi) is 4.18. The number of para-hydroxylation sites is 2. The zero-order chi connectivity index (χ0) is 16.4. The van der Waals surface area contributed by atoms with Crippen LogP contribution in [0.4, 0.5) is 5.13 Å². The molecule has 0 fully saturated rings. The van der Waals surface area contributed by atoms with Crippen molar-refractivity contribution in [2.24, 2.45) is 0 Å². The maximum atomic E-state index is 10.4. The number of aromatic nitrogens is 4. The van der Waals surface area contributed by atoms with Crippen LogP contribution in [0.5, 0.6) is 0 Å². The smallest absolute Gasteiger partial charge is 0.203 e. The minimum atomic E-state index is -0.384. The molecule has 0 amide bonds. The van der Waals surface area contributed by atoms with Gasteiger partial charge < -0.3 is 15.8 Å². The van der Waals surface area contributed by atoms with E-state index in [1.165, 1.54) is 23.1 Å². The van der Waals surface area contributed by atoms with E-state index in [-0.39, 0.29) is 16.6 Å². The van der Waals surface area contributed by atoms with Gasteiger partial charge >= 0.3 is 0 Å². The lowest BCUT2D eigenvalue weighted by molar-refractivity contribution is 0.402. The predicted molar refractivity (Wildman–Crippen MR) is 90.9 cm³/mol. The normalized spacial score (nSPS) is 13.6. The fourth-order valence-corrected chi connectivity index (χ4v) is 3.82. The van der Waals surface area contributed by atoms with Crippen molar-refractivity contribution in [3.8, 4) is 6.07 Å². The summed E-state index contributed by atoms with van der Waals surface area (Å²) in [6.45, 7) is 1.78. The largest absolute Gasteiger partial charge is 0.510 e. The van der Waals surface area contributed by atoms with E-state index in [9.17, 15) is 10.4 Å². The molecule has 2 aromatic heterocycles. The number of nitrogens with two attached hydrogens (primary N) is 1. The third-order valence-electron chi connectivity index (χ3n) is 3.08. The van der Waals surface area contributed by atoms with Crippen LogP contribution in [-0.2, 0) is 0 Å². The third-order valence-corrected chi connectivity index (χ3v) is 5.02. The fourth-order valence-electron chi connectivity index (χ4n) is 1.98. The maximum Gasteiger partial charge on any atom is 0.203 e. The second-order valence-electron chi connectivity index (χ2n) is 4.64. The van der Waals surface area contributed by atoms with Gasteiger partial charge in [0.25, 0.3) is 0 Å². The van der Waals surface area contributed by atoms with Crippen LogP contribution in [0.3, 0.4) is 0 Å². The Morgan fingerprint density at radius 3 is 2.87 bits per heavy atom. The van der Waals surface area contributed by atoms with Gasteiger partial charge in [-0.2, -0.15) is 5.26 Å². The van der Waals surface area contributed by atoms with Crippen LogP contribution in [-0.4, -0.2) is 30.5 Å². The number of thioether (sulfide) groups is 1. The summed E-state index contributed by atoms with van der Waals surface area (Å²) in [5.41, 5.74) is 7.19. The molecule has 116 valence electrons. The van der Waals surface area contributed by atoms with E-state index >= 15 is 0 Å². The van der Waals surface area contributed by atoms with E-state index < -0.39 is 0 Å². The number of H-pyrrole nitrogens is 1. The number of nitrogens with one attached hydrogen (secondary N) is 1. The number of anilines is 1. The Bertz CT molecular complexity index is 890. The number of aromatic amines is 1. The first-order valence-electron chi connectivity index (χ1n) is 6.62. The van der Waals surface area contributed by atoms with Crippen molar-refractivity contribution in [3.63, 3.8) is 0 Å². The minimum absolute atomic E-state index is 0.0645. The molecule has 0 radical (unpaired) electrons. The summed E-state index contributed by atoms with van der Waals surface area (Å²) >= 11 is 2.51. The summed E-state index contributed by atoms with van der Waals surface area (Å²) < 4.78 is 0.628. The number of nitrogens with zero attached hydrogens (tertiary/aromatic N) is 4. The molecule has 0 saturated carbocycles. The molecular formula is C14H12N6OS2. The second kappa shape index (κ2) is 6.28. The summed E-state index contributed by atoms with van der Waals surface area (Å²) in [7, 11) is 0. The Morgan fingerprint density at radius 2 is 2.22 bits per heavy atom. The molecule has 23 heavy (non-hydrogen) atoms. The van der Waals surface area contributed by atoms with Crippen LogP contribution < -0.4 is 5.73 Å². The summed E-state index contributed by atoms with van der Waals surface area (Å²) in [6, 6.07) is 9.45. The number of hydrogen-bond acceptors (Lipinski definition) is 8. The number of allylic oxidation sites excluding steroid dienone is 1. The molecule has 3 aromatic rings. The molecule has 1 atom stereocenters. The molecule has 0 spiro atoms. The van der Waals surface area contributed by atoms with Crippen molar-refractivity contribution in [1.29, 1.82) is 5.26 Å². The van der Waals surface area contributed by atoms with Gasteiger partial charge in [0.2, 0.25) is 5.13 Å². The lowest BCUT2D eigenvalue weighted by Crippen LogP contribution is -2.04. The van der Waals surface area contributed by atoms with E-state index in [1.54, 1.807) is 6.92 Å². The van der Waals surface area contributed by atoms with E-state index in [4.69, 9.17) is 5.73 Å². The van der Waals surface area contributed by atoms with Gasteiger partial charge in [0, 0.05) is 0 Å². The molecule has 1 aromatic carbocycles. The summed E-state index contributed by atoms with van der Waals surface area (Å²) in [5.74, 6) is 0.278. The molecule has 2 heterocycles. The summed E-state index contributed by atoms with van der Waals surface area (Å²) in [5, 5.41) is 27.4. The Labute approximate surface area is 139 Å². The monoisotopic (exact) mass is 344 g/mol. The predicted octanol–water partition coefficient (Wildman–Crippen LogP) is 2.97. The van der Waals surface area contributed by atoms with E-state index in [2.05, 4.69) is 20.2 Å². The maximum absolute atomic E-state index is 10.4. The standard InChI is InChI=1S/C14H12N6OS2/c1-7(22-14-20-19-13(16)23-14)11(21)8(6-15)12-17-9-4-2-3-5-10(9)18-12/h2-5,7,21H,1H3,(H2,16,19)(H,17,18)/t7-/m1/s1. The molecule has 0 unspecified atom stereocenters. The summed E-state index contributed by atoms with van der Waals surface area (Å²) in [6.07, 6.45) is 0. The second-order valence-corrected chi connectivity index (χ2v) is 7.24. The van der Waals surface area contributed by atoms with Gasteiger partial charge in [-0.05, 0) is 19.1 Å². The molecule has 0 aliphatic carbocycles. The number of aliphatic hydroxyl groups is 1. The molecule has 3 rings (SSSR count). The molecule has 0 aliphatic rings. The average molecular weight is 344 g/mol. The Balaban J connectivity index is 1.93. The first kappa shape index (κ1) is 15.3. The molecule has 0 bridgehead atoms. The van der Waals surface area contributed by atoms with Crippen molar-refractivity contribution >= 4 is 44.8 Å². The minimum Gasteiger partial charge on any atom is -0.510 e. The van der Waals surface area contributed by atoms with Gasteiger partial charge in [0.15, 0.2) is 10.2 Å². The molecule has 0 saturated heterocycles. The number of imidazole rings is 1.